The summed E-state index contributed by atoms with van der Waals surface area (Å²) < 4.78 is 27.0. The third-order valence-electron chi connectivity index (χ3n) is 2.38. The third kappa shape index (κ3) is 3.68. The van der Waals surface area contributed by atoms with E-state index in [1.54, 1.807) is 7.05 Å². The first-order valence-corrected chi connectivity index (χ1v) is 5.54. The van der Waals surface area contributed by atoms with Crippen LogP contribution >= 0.6 is 0 Å². The van der Waals surface area contributed by atoms with E-state index in [4.69, 9.17) is 0 Å². The number of benzene rings is 1. The van der Waals surface area contributed by atoms with Crippen molar-refractivity contribution in [3.05, 3.63) is 39.4 Å². The number of nitrogens with zero attached hydrogens (tertiary/aromatic N) is 1. The molecule has 0 fully saturated rings. The van der Waals surface area contributed by atoms with Crippen molar-refractivity contribution in [2.24, 2.45) is 0 Å². The summed E-state index contributed by atoms with van der Waals surface area (Å²) in [6.07, 6.45) is 0.570. The van der Waals surface area contributed by atoms with Crippen LogP contribution in [0.25, 0.3) is 0 Å². The lowest BCUT2D eigenvalue weighted by Crippen LogP contribution is -2.28. The molecule has 0 saturated heterocycles. The maximum Gasteiger partial charge on any atom is 0.305 e. The minimum absolute atomic E-state index is 0.210. The Morgan fingerprint density at radius 3 is 2.63 bits per heavy atom. The average molecular weight is 273 g/mol. The largest absolute Gasteiger partial charge is 0.352 e. The number of carbonyl (C=O) groups excluding carboxylic acids is 1. The smallest absolute Gasteiger partial charge is 0.305 e. The van der Waals surface area contributed by atoms with Gasteiger partial charge in [0.05, 0.1) is 4.92 Å². The standard InChI is InChI=1S/C11H13F2N3O3/c1-14-5-2-6-15-11(17)9-7(12)3-4-8(10(9)13)16(18)19/h3-4,14H,2,5-6H2,1H3,(H,15,17). The first-order chi connectivity index (χ1) is 8.99. The zero-order valence-electron chi connectivity index (χ0n) is 10.2. The summed E-state index contributed by atoms with van der Waals surface area (Å²) in [7, 11) is 1.72. The maximum absolute atomic E-state index is 13.7. The number of nitro benzene ring substituents is 1. The lowest BCUT2D eigenvalue weighted by atomic mass is 10.1. The minimum Gasteiger partial charge on any atom is -0.352 e. The molecule has 0 aliphatic rings. The molecule has 0 heterocycles. The van der Waals surface area contributed by atoms with E-state index in [0.29, 0.717) is 25.1 Å². The molecular weight excluding hydrogens is 260 g/mol. The lowest BCUT2D eigenvalue weighted by Gasteiger charge is -2.07. The molecule has 2 N–H and O–H groups in total. The second-order valence-electron chi connectivity index (χ2n) is 3.73. The summed E-state index contributed by atoms with van der Waals surface area (Å²) >= 11 is 0. The predicted molar refractivity (Wildman–Crippen MR) is 63.9 cm³/mol. The van der Waals surface area contributed by atoms with E-state index in [9.17, 15) is 23.7 Å². The molecular formula is C11H13F2N3O3. The molecule has 0 aliphatic carbocycles. The molecule has 1 rings (SSSR count). The number of nitrogens with one attached hydrogen (secondary N) is 2. The van der Waals surface area contributed by atoms with Gasteiger partial charge < -0.3 is 10.6 Å². The second kappa shape index (κ2) is 6.74. The molecule has 0 spiro atoms. The summed E-state index contributed by atoms with van der Waals surface area (Å²) in [6, 6.07) is 1.38. The van der Waals surface area contributed by atoms with Gasteiger partial charge in [0.1, 0.15) is 11.4 Å². The Morgan fingerprint density at radius 1 is 1.37 bits per heavy atom. The highest BCUT2D eigenvalue weighted by Crippen LogP contribution is 2.22. The molecule has 0 radical (unpaired) electrons. The van der Waals surface area contributed by atoms with Gasteiger partial charge in [-0.3, -0.25) is 14.9 Å². The van der Waals surface area contributed by atoms with Crippen LogP contribution in [-0.4, -0.2) is 31.0 Å². The molecule has 1 amide bonds. The van der Waals surface area contributed by atoms with E-state index in [0.717, 1.165) is 0 Å². The molecule has 0 aliphatic heterocycles. The number of hydrogen-bond donors (Lipinski definition) is 2. The van der Waals surface area contributed by atoms with Crippen molar-refractivity contribution in [1.29, 1.82) is 0 Å². The second-order valence-corrected chi connectivity index (χ2v) is 3.73. The minimum atomic E-state index is -1.46. The fourth-order valence-corrected chi connectivity index (χ4v) is 1.45. The van der Waals surface area contributed by atoms with Crippen LogP contribution in [0, 0.1) is 21.7 Å². The van der Waals surface area contributed by atoms with Crippen molar-refractivity contribution in [3.63, 3.8) is 0 Å². The van der Waals surface area contributed by atoms with E-state index >= 15 is 0 Å². The molecule has 0 saturated carbocycles. The Morgan fingerprint density at radius 2 is 2.05 bits per heavy atom. The van der Waals surface area contributed by atoms with Gasteiger partial charge in [-0.1, -0.05) is 0 Å². The monoisotopic (exact) mass is 273 g/mol. The summed E-state index contributed by atoms with van der Waals surface area (Å²) in [5, 5.41) is 15.6. The molecule has 8 heteroatoms. The van der Waals surface area contributed by atoms with Gasteiger partial charge in [-0.2, -0.15) is 4.39 Å². The van der Waals surface area contributed by atoms with Crippen LogP contribution in [0.15, 0.2) is 12.1 Å². The van der Waals surface area contributed by atoms with E-state index < -0.39 is 33.7 Å². The molecule has 1 aromatic rings. The Kier molecular flexibility index (Phi) is 5.31. The van der Waals surface area contributed by atoms with Gasteiger partial charge in [-0.25, -0.2) is 4.39 Å². The number of nitro groups is 1. The van der Waals surface area contributed by atoms with Crippen LogP contribution < -0.4 is 10.6 Å². The molecule has 0 atom stereocenters. The van der Waals surface area contributed by atoms with Crippen molar-refractivity contribution in [2.75, 3.05) is 20.1 Å². The Balaban J connectivity index is 2.90. The van der Waals surface area contributed by atoms with E-state index in [1.807, 2.05) is 0 Å². The zero-order chi connectivity index (χ0) is 14.4. The van der Waals surface area contributed by atoms with E-state index in [-0.39, 0.29) is 6.54 Å². The van der Waals surface area contributed by atoms with Crippen LogP contribution in [0.4, 0.5) is 14.5 Å². The number of rotatable bonds is 6. The van der Waals surface area contributed by atoms with Gasteiger partial charge in [0.15, 0.2) is 0 Å². The number of amides is 1. The average Bonchev–Trinajstić information content (AvgIpc) is 2.34. The first kappa shape index (κ1) is 15.0. The predicted octanol–water partition coefficient (Wildman–Crippen LogP) is 1.21. The van der Waals surface area contributed by atoms with Crippen LogP contribution in [0.1, 0.15) is 16.8 Å². The molecule has 0 aromatic heterocycles. The third-order valence-corrected chi connectivity index (χ3v) is 2.38. The molecule has 0 bridgehead atoms. The topological polar surface area (TPSA) is 84.3 Å². The lowest BCUT2D eigenvalue weighted by molar-refractivity contribution is -0.387. The SMILES string of the molecule is CNCCCNC(=O)c1c(F)ccc([N+](=O)[O-])c1F. The van der Waals surface area contributed by atoms with Gasteiger partial charge in [-0.15, -0.1) is 0 Å². The Hall–Kier alpha value is -2.09. The van der Waals surface area contributed by atoms with Gasteiger partial charge in [-0.05, 0) is 26.1 Å². The number of carbonyl (C=O) groups is 1. The molecule has 6 nitrogen and oxygen atoms in total. The number of halogens is 2. The summed E-state index contributed by atoms with van der Waals surface area (Å²) in [5.41, 5.74) is -1.86. The van der Waals surface area contributed by atoms with Crippen LogP contribution in [-0.2, 0) is 0 Å². The zero-order valence-corrected chi connectivity index (χ0v) is 10.2. The maximum atomic E-state index is 13.7. The fourth-order valence-electron chi connectivity index (χ4n) is 1.45. The summed E-state index contributed by atoms with van der Waals surface area (Å²) in [5.74, 6) is -3.60. The molecule has 0 unspecified atom stereocenters. The molecule has 104 valence electrons. The van der Waals surface area contributed by atoms with Gasteiger partial charge in [0.2, 0.25) is 5.82 Å². The van der Waals surface area contributed by atoms with Gasteiger partial charge in [0.25, 0.3) is 5.91 Å². The molecule has 1 aromatic carbocycles. The quantitative estimate of drug-likeness (QED) is 0.463. The van der Waals surface area contributed by atoms with Crippen molar-refractivity contribution in [2.45, 2.75) is 6.42 Å². The highest BCUT2D eigenvalue weighted by Gasteiger charge is 2.25. The van der Waals surface area contributed by atoms with Crippen LogP contribution in [0.3, 0.4) is 0 Å². The Bertz CT molecular complexity index is 494. The summed E-state index contributed by atoms with van der Waals surface area (Å²) in [6.45, 7) is 0.835. The summed E-state index contributed by atoms with van der Waals surface area (Å²) in [4.78, 5) is 21.1. The van der Waals surface area contributed by atoms with Crippen LogP contribution in [0.2, 0.25) is 0 Å². The fraction of sp³-hybridized carbons (Fsp3) is 0.364. The first-order valence-electron chi connectivity index (χ1n) is 5.54. The Labute approximate surface area is 108 Å². The number of hydrogen-bond acceptors (Lipinski definition) is 4. The molecule has 19 heavy (non-hydrogen) atoms. The highest BCUT2D eigenvalue weighted by molar-refractivity contribution is 5.95. The normalized spacial score (nSPS) is 10.3. The van der Waals surface area contributed by atoms with E-state index in [2.05, 4.69) is 10.6 Å². The van der Waals surface area contributed by atoms with Crippen molar-refractivity contribution in [1.82, 2.24) is 10.6 Å². The van der Waals surface area contributed by atoms with Crippen molar-refractivity contribution >= 4 is 11.6 Å². The van der Waals surface area contributed by atoms with Gasteiger partial charge in [0, 0.05) is 12.6 Å². The van der Waals surface area contributed by atoms with Gasteiger partial charge >= 0.3 is 5.69 Å². The van der Waals surface area contributed by atoms with E-state index in [1.165, 1.54) is 0 Å². The van der Waals surface area contributed by atoms with Crippen molar-refractivity contribution < 1.29 is 18.5 Å². The van der Waals surface area contributed by atoms with Crippen molar-refractivity contribution in [3.8, 4) is 0 Å². The highest BCUT2D eigenvalue weighted by atomic mass is 19.1. The van der Waals surface area contributed by atoms with Crippen LogP contribution in [0.5, 0.6) is 0 Å².